The Morgan fingerprint density at radius 2 is 0.714 bits per heavy atom. The number of ether oxygens (including phenoxy) is 1. The van der Waals surface area contributed by atoms with Crippen LogP contribution in [0.2, 0.25) is 0 Å². The first-order valence-corrected chi connectivity index (χ1v) is 31.2. The highest BCUT2D eigenvalue weighted by atomic mass is 16.5. The van der Waals surface area contributed by atoms with Crippen molar-refractivity contribution >= 4 is 11.9 Å². The first kappa shape index (κ1) is 68.1. The minimum Gasteiger partial charge on any atom is -0.466 e. The number of aliphatic hydroxyl groups is 2. The van der Waals surface area contributed by atoms with Gasteiger partial charge in [0.25, 0.3) is 0 Å². The smallest absolute Gasteiger partial charge is 0.305 e. The van der Waals surface area contributed by atoms with E-state index in [1.165, 1.54) is 218 Å². The van der Waals surface area contributed by atoms with Crippen LogP contribution in [-0.4, -0.2) is 47.4 Å². The Bertz CT molecular complexity index is 1130. The molecular weight excluding hydrogens is 863 g/mol. The van der Waals surface area contributed by atoms with Gasteiger partial charge in [-0.3, -0.25) is 9.59 Å². The lowest BCUT2D eigenvalue weighted by Crippen LogP contribution is -2.45. The lowest BCUT2D eigenvalue weighted by molar-refractivity contribution is -0.143. The number of carbonyl (C=O) groups is 2. The Labute approximate surface area is 436 Å². The van der Waals surface area contributed by atoms with Crippen LogP contribution < -0.4 is 5.32 Å². The summed E-state index contributed by atoms with van der Waals surface area (Å²) in [4.78, 5) is 24.6. The van der Waals surface area contributed by atoms with Crippen LogP contribution in [-0.2, 0) is 14.3 Å². The average molecular weight is 985 g/mol. The topological polar surface area (TPSA) is 95.9 Å². The molecule has 3 N–H and O–H groups in total. The van der Waals surface area contributed by atoms with Gasteiger partial charge in [-0.25, -0.2) is 0 Å². The normalized spacial score (nSPS) is 12.8. The van der Waals surface area contributed by atoms with Gasteiger partial charge in [-0.2, -0.15) is 0 Å². The van der Waals surface area contributed by atoms with Crippen molar-refractivity contribution in [3.8, 4) is 0 Å². The van der Waals surface area contributed by atoms with Crippen LogP contribution in [0.25, 0.3) is 0 Å². The number of esters is 1. The highest BCUT2D eigenvalue weighted by molar-refractivity contribution is 5.76. The van der Waals surface area contributed by atoms with Crippen molar-refractivity contribution in [2.45, 2.75) is 347 Å². The highest BCUT2D eigenvalue weighted by Crippen LogP contribution is 2.17. The Morgan fingerprint density at radius 3 is 1.10 bits per heavy atom. The molecule has 0 saturated heterocycles. The van der Waals surface area contributed by atoms with Crippen molar-refractivity contribution in [3.63, 3.8) is 0 Å². The minimum absolute atomic E-state index is 0.0224. The predicted octanol–water partition coefficient (Wildman–Crippen LogP) is 19.6. The number of allylic oxidation sites excluding steroid dienone is 6. The van der Waals surface area contributed by atoms with Gasteiger partial charge in [0.15, 0.2) is 0 Å². The van der Waals surface area contributed by atoms with Crippen LogP contribution in [0.3, 0.4) is 0 Å². The number of carbonyl (C=O) groups excluding carboxylic acids is 2. The van der Waals surface area contributed by atoms with E-state index in [0.717, 1.165) is 83.5 Å². The first-order valence-electron chi connectivity index (χ1n) is 31.2. The van der Waals surface area contributed by atoms with Crippen molar-refractivity contribution in [1.29, 1.82) is 0 Å². The number of hydrogen-bond acceptors (Lipinski definition) is 5. The second-order valence-electron chi connectivity index (χ2n) is 21.4. The second kappa shape index (κ2) is 59.6. The molecule has 2 unspecified atom stereocenters. The van der Waals surface area contributed by atoms with E-state index in [4.69, 9.17) is 4.74 Å². The standard InChI is InChI=1S/C64H121NO5/c1-3-5-7-9-11-13-15-17-19-21-22-23-25-28-32-36-40-44-48-52-56-62(67)61(60-66)65-63(68)57-53-49-45-41-37-33-29-26-24-27-31-35-39-43-47-51-55-59-70-64(69)58-54-50-46-42-38-34-30-20-18-16-14-12-10-8-6-4-2/h20,24,27,30,35,39,61-62,66-67H,3-19,21-23,25-26,28-29,31-34,36-38,40-60H2,1-2H3,(H,65,68)/b27-24-,30-20-,39-35-. The zero-order chi connectivity index (χ0) is 50.7. The average Bonchev–Trinajstić information content (AvgIpc) is 3.36. The van der Waals surface area contributed by atoms with Crippen LogP contribution in [0.4, 0.5) is 0 Å². The Balaban J connectivity index is 3.49. The summed E-state index contributed by atoms with van der Waals surface area (Å²) in [7, 11) is 0. The molecule has 0 radical (unpaired) electrons. The maximum Gasteiger partial charge on any atom is 0.305 e. The van der Waals surface area contributed by atoms with Crippen LogP contribution in [0.1, 0.15) is 335 Å². The first-order chi connectivity index (χ1) is 34.5. The van der Waals surface area contributed by atoms with Crippen molar-refractivity contribution in [1.82, 2.24) is 5.32 Å². The van der Waals surface area contributed by atoms with E-state index >= 15 is 0 Å². The second-order valence-corrected chi connectivity index (χ2v) is 21.4. The Hall–Kier alpha value is -1.92. The van der Waals surface area contributed by atoms with Crippen LogP contribution in [0, 0.1) is 0 Å². The lowest BCUT2D eigenvalue weighted by atomic mass is 10.0. The third-order valence-electron chi connectivity index (χ3n) is 14.4. The fraction of sp³-hybridized carbons (Fsp3) is 0.875. The highest BCUT2D eigenvalue weighted by Gasteiger charge is 2.20. The van der Waals surface area contributed by atoms with Gasteiger partial charge in [0.2, 0.25) is 5.91 Å². The van der Waals surface area contributed by atoms with E-state index in [-0.39, 0.29) is 18.5 Å². The summed E-state index contributed by atoms with van der Waals surface area (Å²) in [6, 6.07) is -0.555. The molecule has 0 aliphatic heterocycles. The monoisotopic (exact) mass is 984 g/mol. The van der Waals surface area contributed by atoms with E-state index < -0.39 is 12.1 Å². The molecule has 6 heteroatoms. The van der Waals surface area contributed by atoms with Crippen molar-refractivity contribution in [2.75, 3.05) is 13.2 Å². The van der Waals surface area contributed by atoms with Gasteiger partial charge in [-0.15, -0.1) is 0 Å². The molecule has 0 aromatic heterocycles. The SMILES string of the molecule is CCCCCCCCC/C=C\CCCCCCCC(=O)OCCCCC/C=C\C/C=C\CCCCCCCCCC(=O)NC(CO)C(O)CCCCCCCCCCCCCCCCCCCCCC. The molecule has 0 aliphatic rings. The summed E-state index contributed by atoms with van der Waals surface area (Å²) in [5, 5.41) is 23.3. The molecule has 412 valence electrons. The fourth-order valence-corrected chi connectivity index (χ4v) is 9.61. The maximum atomic E-state index is 12.5. The van der Waals surface area contributed by atoms with Gasteiger partial charge in [0.05, 0.1) is 25.4 Å². The van der Waals surface area contributed by atoms with E-state index in [1.807, 2.05) is 0 Å². The number of amides is 1. The summed E-state index contributed by atoms with van der Waals surface area (Å²) >= 11 is 0. The summed E-state index contributed by atoms with van der Waals surface area (Å²) in [5.41, 5.74) is 0. The molecule has 70 heavy (non-hydrogen) atoms. The number of hydrogen-bond donors (Lipinski definition) is 3. The number of rotatable bonds is 58. The molecular formula is C64H121NO5. The molecule has 0 saturated carbocycles. The van der Waals surface area contributed by atoms with E-state index in [9.17, 15) is 19.8 Å². The molecule has 0 rings (SSSR count). The summed E-state index contributed by atoms with van der Waals surface area (Å²) in [6.45, 7) is 4.92. The Kier molecular flexibility index (Phi) is 58.0. The van der Waals surface area contributed by atoms with Crippen LogP contribution >= 0.6 is 0 Å². The third kappa shape index (κ3) is 55.4. The maximum absolute atomic E-state index is 12.5. The van der Waals surface area contributed by atoms with Gasteiger partial charge in [-0.05, 0) is 89.9 Å². The number of unbranched alkanes of at least 4 members (excludes halogenated alkanes) is 41. The van der Waals surface area contributed by atoms with Crippen molar-refractivity contribution in [2.24, 2.45) is 0 Å². The van der Waals surface area contributed by atoms with Gasteiger partial charge in [-0.1, -0.05) is 269 Å². The molecule has 0 fully saturated rings. The molecule has 0 aromatic carbocycles. The van der Waals surface area contributed by atoms with E-state index in [1.54, 1.807) is 0 Å². The quantitative estimate of drug-likeness (QED) is 0.0321. The van der Waals surface area contributed by atoms with Gasteiger partial charge in [0, 0.05) is 12.8 Å². The molecule has 0 aromatic rings. The summed E-state index contributed by atoms with van der Waals surface area (Å²) in [6.07, 6.45) is 74.3. The largest absolute Gasteiger partial charge is 0.466 e. The summed E-state index contributed by atoms with van der Waals surface area (Å²) < 4.78 is 5.46. The molecule has 2 atom stereocenters. The minimum atomic E-state index is -0.676. The van der Waals surface area contributed by atoms with Crippen LogP contribution in [0.5, 0.6) is 0 Å². The van der Waals surface area contributed by atoms with Gasteiger partial charge in [0.1, 0.15) is 0 Å². The van der Waals surface area contributed by atoms with E-state index in [2.05, 4.69) is 55.6 Å². The zero-order valence-electron chi connectivity index (χ0n) is 47.0. The van der Waals surface area contributed by atoms with Crippen molar-refractivity contribution in [3.05, 3.63) is 36.5 Å². The fourth-order valence-electron chi connectivity index (χ4n) is 9.61. The molecule has 0 aliphatic carbocycles. The number of nitrogens with one attached hydrogen (secondary N) is 1. The Morgan fingerprint density at radius 1 is 0.400 bits per heavy atom. The molecule has 1 amide bonds. The third-order valence-corrected chi connectivity index (χ3v) is 14.4. The van der Waals surface area contributed by atoms with Crippen molar-refractivity contribution < 1.29 is 24.5 Å². The molecule has 6 nitrogen and oxygen atoms in total. The zero-order valence-corrected chi connectivity index (χ0v) is 47.0. The van der Waals surface area contributed by atoms with Gasteiger partial charge >= 0.3 is 5.97 Å². The molecule has 0 heterocycles. The lowest BCUT2D eigenvalue weighted by Gasteiger charge is -2.22. The number of aliphatic hydroxyl groups excluding tert-OH is 2. The molecule has 0 bridgehead atoms. The predicted molar refractivity (Wildman–Crippen MR) is 306 cm³/mol. The van der Waals surface area contributed by atoms with Crippen LogP contribution in [0.15, 0.2) is 36.5 Å². The summed E-state index contributed by atoms with van der Waals surface area (Å²) in [5.74, 6) is -0.0713. The van der Waals surface area contributed by atoms with E-state index in [0.29, 0.717) is 25.9 Å². The van der Waals surface area contributed by atoms with Gasteiger partial charge < -0.3 is 20.3 Å². The molecule has 0 spiro atoms.